The molecule has 0 aromatic carbocycles. The average molecular weight is 343 g/mol. The molecule has 0 aliphatic heterocycles. The van der Waals surface area contributed by atoms with E-state index in [2.05, 4.69) is 20.4 Å². The quantitative estimate of drug-likeness (QED) is 0.756. The molecule has 3 aromatic heterocycles. The van der Waals surface area contributed by atoms with Crippen molar-refractivity contribution >= 4 is 28.3 Å². The van der Waals surface area contributed by atoms with Crippen LogP contribution in [-0.4, -0.2) is 25.7 Å². The molecule has 3 heterocycles. The van der Waals surface area contributed by atoms with Crippen LogP contribution in [0, 0.1) is 6.92 Å². The Kier molecular flexibility index (Phi) is 3.49. The van der Waals surface area contributed by atoms with Crippen molar-refractivity contribution in [3.8, 4) is 0 Å². The molecule has 24 heavy (non-hydrogen) atoms. The van der Waals surface area contributed by atoms with Crippen molar-refractivity contribution in [1.82, 2.24) is 25.1 Å². The molecule has 0 saturated heterocycles. The first-order valence-electron chi connectivity index (χ1n) is 7.82. The summed E-state index contributed by atoms with van der Waals surface area (Å²) in [6.07, 6.45) is 2.16. The largest absolute Gasteiger partial charge is 0.345 e. The maximum atomic E-state index is 12.7. The fraction of sp³-hybridized carbons (Fsp3) is 0.375. The lowest BCUT2D eigenvalue weighted by Gasteiger charge is -2.07. The van der Waals surface area contributed by atoms with Crippen LogP contribution in [0.25, 0.3) is 11.0 Å². The molecule has 1 fully saturated rings. The minimum atomic E-state index is -0.294. The van der Waals surface area contributed by atoms with Gasteiger partial charge in [0.05, 0.1) is 17.5 Å². The number of pyridine rings is 1. The number of nitrogens with one attached hydrogen (secondary N) is 2. The van der Waals surface area contributed by atoms with Crippen LogP contribution in [-0.2, 0) is 13.6 Å². The minimum Gasteiger partial charge on any atom is -0.345 e. The first-order chi connectivity index (χ1) is 11.5. The highest BCUT2D eigenvalue weighted by Gasteiger charge is 2.28. The number of carbonyl (C=O) groups is 1. The van der Waals surface area contributed by atoms with Gasteiger partial charge in [-0.1, -0.05) is 0 Å². The normalized spacial score (nSPS) is 14.2. The molecule has 1 amide bonds. The van der Waals surface area contributed by atoms with Gasteiger partial charge in [-0.15, -0.1) is 11.3 Å². The SMILES string of the molecule is Cc1csc(CNC(=O)c2cc(C3CC3)nc3c2c(=O)[nH]n3C)n1. The van der Waals surface area contributed by atoms with Crippen molar-refractivity contribution < 1.29 is 4.79 Å². The predicted molar refractivity (Wildman–Crippen MR) is 91.3 cm³/mol. The van der Waals surface area contributed by atoms with Crippen LogP contribution in [0.3, 0.4) is 0 Å². The van der Waals surface area contributed by atoms with Crippen molar-refractivity contribution in [3.05, 3.63) is 43.8 Å². The summed E-state index contributed by atoms with van der Waals surface area (Å²) in [4.78, 5) is 33.8. The zero-order valence-corrected chi connectivity index (χ0v) is 14.2. The number of carbonyl (C=O) groups excluding carboxylic acids is 1. The van der Waals surface area contributed by atoms with E-state index in [0.717, 1.165) is 29.2 Å². The Morgan fingerprint density at radius 1 is 1.46 bits per heavy atom. The van der Waals surface area contributed by atoms with Gasteiger partial charge in [0.2, 0.25) is 0 Å². The second-order valence-corrected chi connectivity index (χ2v) is 7.08. The summed E-state index contributed by atoms with van der Waals surface area (Å²) < 4.78 is 1.57. The summed E-state index contributed by atoms with van der Waals surface area (Å²) in [5.41, 5.74) is 2.44. The van der Waals surface area contributed by atoms with Crippen molar-refractivity contribution in [3.63, 3.8) is 0 Å². The molecule has 1 saturated carbocycles. The van der Waals surface area contributed by atoms with Gasteiger partial charge in [-0.25, -0.2) is 9.97 Å². The number of H-pyrrole nitrogens is 1. The number of rotatable bonds is 4. The van der Waals surface area contributed by atoms with Crippen LogP contribution in [0.1, 0.15) is 45.5 Å². The molecule has 8 heteroatoms. The fourth-order valence-corrected chi connectivity index (χ4v) is 3.49. The Morgan fingerprint density at radius 2 is 2.25 bits per heavy atom. The zero-order valence-electron chi connectivity index (χ0n) is 13.4. The molecule has 124 valence electrons. The van der Waals surface area contributed by atoms with Gasteiger partial charge >= 0.3 is 0 Å². The Hall–Kier alpha value is -2.48. The number of fused-ring (bicyclic) bond motifs is 1. The first-order valence-corrected chi connectivity index (χ1v) is 8.69. The van der Waals surface area contributed by atoms with Crippen molar-refractivity contribution in [2.45, 2.75) is 32.2 Å². The van der Waals surface area contributed by atoms with Gasteiger partial charge < -0.3 is 5.32 Å². The van der Waals surface area contributed by atoms with Crippen LogP contribution in [0.4, 0.5) is 0 Å². The molecule has 0 radical (unpaired) electrons. The summed E-state index contributed by atoms with van der Waals surface area (Å²) in [6, 6.07) is 1.76. The molecular formula is C16H17N5O2S. The molecular weight excluding hydrogens is 326 g/mol. The zero-order chi connectivity index (χ0) is 16.8. The highest BCUT2D eigenvalue weighted by Crippen LogP contribution is 2.39. The predicted octanol–water partition coefficient (Wildman–Crippen LogP) is 1.83. The first kappa shape index (κ1) is 15.1. The van der Waals surface area contributed by atoms with Crippen LogP contribution < -0.4 is 10.9 Å². The van der Waals surface area contributed by atoms with E-state index >= 15 is 0 Å². The van der Waals surface area contributed by atoms with Gasteiger partial charge in [-0.3, -0.25) is 19.4 Å². The number of thiazole rings is 1. The molecule has 3 aromatic rings. The summed E-state index contributed by atoms with van der Waals surface area (Å²) in [5.74, 6) is 0.126. The minimum absolute atomic E-state index is 0.270. The Balaban J connectivity index is 1.71. The van der Waals surface area contributed by atoms with E-state index in [1.54, 1.807) is 17.8 Å². The molecule has 1 aliphatic rings. The summed E-state index contributed by atoms with van der Waals surface area (Å²) in [7, 11) is 1.73. The third-order valence-corrected chi connectivity index (χ3v) is 5.11. The third-order valence-electron chi connectivity index (χ3n) is 4.14. The topological polar surface area (TPSA) is 92.7 Å². The van der Waals surface area contributed by atoms with Gasteiger partial charge in [-0.05, 0) is 25.8 Å². The Labute approximate surface area is 141 Å². The van der Waals surface area contributed by atoms with Crippen LogP contribution in [0.2, 0.25) is 0 Å². The molecule has 1 aliphatic carbocycles. The maximum Gasteiger partial charge on any atom is 0.274 e. The highest BCUT2D eigenvalue weighted by atomic mass is 32.1. The molecule has 7 nitrogen and oxygen atoms in total. The number of aromatic nitrogens is 4. The van der Waals surface area contributed by atoms with E-state index in [9.17, 15) is 9.59 Å². The lowest BCUT2D eigenvalue weighted by Crippen LogP contribution is -2.24. The number of aromatic amines is 1. The number of aryl methyl sites for hydroxylation is 2. The monoisotopic (exact) mass is 343 g/mol. The lowest BCUT2D eigenvalue weighted by atomic mass is 10.1. The molecule has 0 atom stereocenters. The lowest BCUT2D eigenvalue weighted by molar-refractivity contribution is 0.0952. The van der Waals surface area contributed by atoms with Crippen molar-refractivity contribution in [2.75, 3.05) is 0 Å². The van der Waals surface area contributed by atoms with E-state index < -0.39 is 0 Å². The van der Waals surface area contributed by atoms with E-state index in [0.29, 0.717) is 29.1 Å². The van der Waals surface area contributed by atoms with Gasteiger partial charge in [0, 0.05) is 29.7 Å². The molecule has 0 unspecified atom stereocenters. The number of hydrogen-bond acceptors (Lipinski definition) is 5. The summed E-state index contributed by atoms with van der Waals surface area (Å²) in [6.45, 7) is 2.27. The van der Waals surface area contributed by atoms with Crippen LogP contribution in [0.5, 0.6) is 0 Å². The molecule has 0 bridgehead atoms. The standard InChI is InChI=1S/C16H17N5O2S/c1-8-7-24-12(18-8)6-17-15(22)10-5-11(9-3-4-9)19-14-13(10)16(23)20-21(14)2/h5,7,9H,3-4,6H2,1-2H3,(H,17,22)(H,20,23). The van der Waals surface area contributed by atoms with Crippen molar-refractivity contribution in [1.29, 1.82) is 0 Å². The number of amides is 1. The average Bonchev–Trinajstić information content (AvgIpc) is 3.27. The maximum absolute atomic E-state index is 12.7. The van der Waals surface area contributed by atoms with Gasteiger partial charge in [-0.2, -0.15) is 0 Å². The van der Waals surface area contributed by atoms with E-state index in [1.807, 2.05) is 12.3 Å². The summed E-state index contributed by atoms with van der Waals surface area (Å²) >= 11 is 1.51. The third kappa shape index (κ3) is 2.62. The molecule has 4 rings (SSSR count). The van der Waals surface area contributed by atoms with Crippen molar-refractivity contribution in [2.24, 2.45) is 7.05 Å². The van der Waals surface area contributed by atoms with E-state index in [1.165, 1.54) is 11.3 Å². The number of hydrogen-bond donors (Lipinski definition) is 2. The van der Waals surface area contributed by atoms with Crippen LogP contribution in [0.15, 0.2) is 16.2 Å². The van der Waals surface area contributed by atoms with Crippen LogP contribution >= 0.6 is 11.3 Å². The second-order valence-electron chi connectivity index (χ2n) is 6.13. The fourth-order valence-electron chi connectivity index (χ4n) is 2.78. The van der Waals surface area contributed by atoms with E-state index in [4.69, 9.17) is 0 Å². The highest BCUT2D eigenvalue weighted by molar-refractivity contribution is 7.09. The van der Waals surface area contributed by atoms with Gasteiger partial charge in [0.15, 0.2) is 5.65 Å². The Bertz CT molecular complexity index is 996. The van der Waals surface area contributed by atoms with Gasteiger partial charge in [0.25, 0.3) is 11.5 Å². The van der Waals surface area contributed by atoms with Gasteiger partial charge in [0.1, 0.15) is 5.01 Å². The Morgan fingerprint density at radius 3 is 2.92 bits per heavy atom. The molecule has 2 N–H and O–H groups in total. The van der Waals surface area contributed by atoms with E-state index in [-0.39, 0.29) is 11.5 Å². The summed E-state index contributed by atoms with van der Waals surface area (Å²) in [5, 5.41) is 8.67. The number of nitrogens with zero attached hydrogens (tertiary/aromatic N) is 3. The molecule has 0 spiro atoms. The smallest absolute Gasteiger partial charge is 0.274 e. The second kappa shape index (κ2) is 5.55.